The third-order valence-electron chi connectivity index (χ3n) is 9.77. The van der Waals surface area contributed by atoms with E-state index in [1.807, 2.05) is 122 Å². The van der Waals surface area contributed by atoms with E-state index >= 15 is 0 Å². The van der Waals surface area contributed by atoms with Crippen LogP contribution in [0.3, 0.4) is 0 Å². The molecular formula is C43H58N6O7. The summed E-state index contributed by atoms with van der Waals surface area (Å²) in [5.41, 5.74) is 1.56. The zero-order valence-corrected chi connectivity index (χ0v) is 34.3. The van der Waals surface area contributed by atoms with E-state index in [4.69, 9.17) is 23.7 Å². The van der Waals surface area contributed by atoms with E-state index in [-0.39, 0.29) is 30.3 Å². The Morgan fingerprint density at radius 3 is 2.27 bits per heavy atom. The lowest BCUT2D eigenvalue weighted by molar-refractivity contribution is -0.160. The summed E-state index contributed by atoms with van der Waals surface area (Å²) in [7, 11) is 1.66. The minimum atomic E-state index is -0.730. The smallest absolute Gasteiger partial charge is 0.415 e. The number of hydrogen-bond acceptors (Lipinski definition) is 10. The van der Waals surface area contributed by atoms with Crippen LogP contribution in [-0.4, -0.2) is 87.5 Å². The Morgan fingerprint density at radius 2 is 1.57 bits per heavy atom. The van der Waals surface area contributed by atoms with Gasteiger partial charge < -0.3 is 38.5 Å². The second kappa shape index (κ2) is 16.8. The van der Waals surface area contributed by atoms with E-state index in [0.717, 1.165) is 41.6 Å². The molecule has 1 N–H and O–H groups in total. The van der Waals surface area contributed by atoms with Gasteiger partial charge in [0.2, 0.25) is 0 Å². The highest BCUT2D eigenvalue weighted by molar-refractivity contribution is 5.97. The molecule has 3 heterocycles. The lowest BCUT2D eigenvalue weighted by atomic mass is 10.1. The highest BCUT2D eigenvalue weighted by atomic mass is 16.8. The van der Waals surface area contributed by atoms with E-state index < -0.39 is 23.1 Å². The van der Waals surface area contributed by atoms with Crippen molar-refractivity contribution in [2.75, 3.05) is 31.6 Å². The number of nitrogens with zero attached hydrogens (tertiary/aromatic N) is 5. The van der Waals surface area contributed by atoms with Crippen molar-refractivity contribution in [2.45, 2.75) is 117 Å². The second-order valence-electron chi connectivity index (χ2n) is 17.2. The zero-order valence-electron chi connectivity index (χ0n) is 34.3. The van der Waals surface area contributed by atoms with Crippen molar-refractivity contribution in [3.05, 3.63) is 84.3 Å². The molecule has 1 saturated heterocycles. The average molecular weight is 771 g/mol. The predicted octanol–water partition coefficient (Wildman–Crippen LogP) is 7.88. The molecule has 13 nitrogen and oxygen atoms in total. The first kappa shape index (κ1) is 40.9. The first-order valence-electron chi connectivity index (χ1n) is 19.5. The molecule has 4 atom stereocenters. The number of anilines is 1. The van der Waals surface area contributed by atoms with Crippen LogP contribution in [0.15, 0.2) is 73.2 Å². The molecule has 0 bridgehead atoms. The fourth-order valence-electron chi connectivity index (χ4n) is 7.33. The van der Waals surface area contributed by atoms with Gasteiger partial charge in [0, 0.05) is 38.8 Å². The second-order valence-corrected chi connectivity index (χ2v) is 17.2. The predicted molar refractivity (Wildman–Crippen MR) is 214 cm³/mol. The SMILES string of the molecule is CN(C(=O)OC(C)(C)C)c1ncnc2c1ccn2[C@@H]1C[C@H](CNCCCN(Cc2ccc(OCc3ccccc3)cc2)C(=O)OC(C)(C)C)[C@H]2OC(C)(C)O[C@H]21. The maximum Gasteiger partial charge on any atom is 0.415 e. The summed E-state index contributed by atoms with van der Waals surface area (Å²) < 4.78 is 32.5. The molecule has 2 fully saturated rings. The highest BCUT2D eigenvalue weighted by Crippen LogP contribution is 2.47. The van der Waals surface area contributed by atoms with E-state index in [0.29, 0.717) is 37.7 Å². The molecule has 2 aromatic carbocycles. The van der Waals surface area contributed by atoms with Crippen molar-refractivity contribution in [1.82, 2.24) is 24.8 Å². The van der Waals surface area contributed by atoms with Gasteiger partial charge in [0.25, 0.3) is 0 Å². The number of fused-ring (bicyclic) bond motifs is 2. The number of amides is 2. The van der Waals surface area contributed by atoms with Gasteiger partial charge in [-0.15, -0.1) is 0 Å². The summed E-state index contributed by atoms with van der Waals surface area (Å²) in [6.07, 6.45) is 3.87. The van der Waals surface area contributed by atoms with Gasteiger partial charge in [-0.05, 0) is 104 Å². The van der Waals surface area contributed by atoms with Crippen molar-refractivity contribution >= 4 is 29.0 Å². The van der Waals surface area contributed by atoms with Crippen LogP contribution in [0.2, 0.25) is 0 Å². The van der Waals surface area contributed by atoms with Crippen LogP contribution < -0.4 is 15.0 Å². The average Bonchev–Trinajstić information content (AvgIpc) is 3.79. The molecule has 1 saturated carbocycles. The van der Waals surface area contributed by atoms with Gasteiger partial charge in [-0.25, -0.2) is 19.6 Å². The highest BCUT2D eigenvalue weighted by Gasteiger charge is 2.54. The molecule has 2 amide bonds. The summed E-state index contributed by atoms with van der Waals surface area (Å²) >= 11 is 0. The summed E-state index contributed by atoms with van der Waals surface area (Å²) in [6, 6.07) is 19.8. The summed E-state index contributed by atoms with van der Waals surface area (Å²) in [6.45, 7) is 17.9. The van der Waals surface area contributed by atoms with E-state index in [9.17, 15) is 9.59 Å². The minimum Gasteiger partial charge on any atom is -0.489 e. The molecule has 0 unspecified atom stereocenters. The lowest BCUT2D eigenvalue weighted by Crippen LogP contribution is -2.38. The largest absolute Gasteiger partial charge is 0.489 e. The molecule has 1 aliphatic carbocycles. The molecule has 6 rings (SSSR count). The van der Waals surface area contributed by atoms with Crippen LogP contribution in [0.1, 0.15) is 85.4 Å². The van der Waals surface area contributed by atoms with Crippen LogP contribution in [0, 0.1) is 5.92 Å². The van der Waals surface area contributed by atoms with Crippen molar-refractivity contribution in [3.8, 4) is 5.75 Å². The number of ether oxygens (including phenoxy) is 5. The van der Waals surface area contributed by atoms with Crippen molar-refractivity contribution < 1.29 is 33.3 Å². The molecule has 302 valence electrons. The number of benzene rings is 2. The molecule has 0 spiro atoms. The first-order chi connectivity index (χ1) is 26.5. The molecular weight excluding hydrogens is 713 g/mol. The van der Waals surface area contributed by atoms with Gasteiger partial charge in [0.05, 0.1) is 17.5 Å². The zero-order chi connectivity index (χ0) is 40.3. The molecule has 56 heavy (non-hydrogen) atoms. The maximum absolute atomic E-state index is 13.3. The number of rotatable bonds is 13. The van der Waals surface area contributed by atoms with E-state index in [1.165, 1.54) is 11.2 Å². The third-order valence-corrected chi connectivity index (χ3v) is 9.77. The molecule has 4 aromatic rings. The number of carbonyl (C=O) groups is 2. The van der Waals surface area contributed by atoms with Crippen molar-refractivity contribution in [3.63, 3.8) is 0 Å². The van der Waals surface area contributed by atoms with Crippen LogP contribution in [0.25, 0.3) is 11.0 Å². The first-order valence-corrected chi connectivity index (χ1v) is 19.5. The minimum absolute atomic E-state index is 0.0431. The Hall–Kier alpha value is -4.72. The quantitative estimate of drug-likeness (QED) is 0.134. The van der Waals surface area contributed by atoms with Crippen LogP contribution in [0.5, 0.6) is 5.75 Å². The van der Waals surface area contributed by atoms with Gasteiger partial charge in [0.15, 0.2) is 11.6 Å². The fourth-order valence-corrected chi connectivity index (χ4v) is 7.33. The number of aromatic nitrogens is 3. The monoisotopic (exact) mass is 770 g/mol. The Morgan fingerprint density at radius 1 is 0.893 bits per heavy atom. The van der Waals surface area contributed by atoms with Gasteiger partial charge in [-0.2, -0.15) is 0 Å². The Balaban J connectivity index is 1.07. The van der Waals surface area contributed by atoms with Crippen molar-refractivity contribution in [1.29, 1.82) is 0 Å². The van der Waals surface area contributed by atoms with Crippen LogP contribution >= 0.6 is 0 Å². The van der Waals surface area contributed by atoms with Gasteiger partial charge in [-0.1, -0.05) is 42.5 Å². The number of hydrogen-bond donors (Lipinski definition) is 1. The lowest BCUT2D eigenvalue weighted by Gasteiger charge is -2.28. The molecule has 2 aliphatic rings. The summed E-state index contributed by atoms with van der Waals surface area (Å²) in [4.78, 5) is 38.5. The molecule has 13 heteroatoms. The Labute approximate surface area is 330 Å². The normalized spacial score (nSPS) is 20.4. The Bertz CT molecular complexity index is 1940. The van der Waals surface area contributed by atoms with Gasteiger partial charge >= 0.3 is 12.2 Å². The molecule has 1 aliphatic heterocycles. The number of nitrogens with one attached hydrogen (secondary N) is 1. The summed E-state index contributed by atoms with van der Waals surface area (Å²) in [5, 5.41) is 4.39. The topological polar surface area (TPSA) is 130 Å². The van der Waals surface area contributed by atoms with Gasteiger partial charge in [-0.3, -0.25) is 4.90 Å². The molecule has 0 radical (unpaired) electrons. The van der Waals surface area contributed by atoms with E-state index in [1.54, 1.807) is 11.9 Å². The van der Waals surface area contributed by atoms with E-state index in [2.05, 4.69) is 19.9 Å². The van der Waals surface area contributed by atoms with Crippen LogP contribution in [0.4, 0.5) is 15.4 Å². The fraction of sp³-hybridized carbons (Fsp3) is 0.535. The van der Waals surface area contributed by atoms with Gasteiger partial charge in [0.1, 0.15) is 41.6 Å². The van der Waals surface area contributed by atoms with Crippen molar-refractivity contribution in [2.24, 2.45) is 5.92 Å². The standard InChI is InChI=1S/C43H58N6O7/c1-41(2,3)55-39(50)47(9)37-33-20-23-49(38(33)46-28-45-37)34-24-31(35-36(34)54-43(7,8)53-35)25-44-21-13-22-48(40(51)56-42(4,5)6)26-29-16-18-32(19-17-29)52-27-30-14-11-10-12-15-30/h10-12,14-20,23,28,31,34-36,44H,13,21-22,24-27H2,1-9H3/t31-,34-,35-,36+/m1/s1. The Kier molecular flexibility index (Phi) is 12.3. The number of carbonyl (C=O) groups excluding carboxylic acids is 2. The molecule has 2 aromatic heterocycles. The summed E-state index contributed by atoms with van der Waals surface area (Å²) in [5.74, 6) is 0.687. The third kappa shape index (κ3) is 10.4. The van der Waals surface area contributed by atoms with Crippen LogP contribution in [-0.2, 0) is 32.1 Å². The maximum atomic E-state index is 13.3.